The van der Waals surface area contributed by atoms with Crippen LogP contribution in [0, 0.1) is 0 Å². The Morgan fingerprint density at radius 3 is 1.98 bits per heavy atom. The predicted octanol–water partition coefficient (Wildman–Crippen LogP) is 14.1. The Hall–Kier alpha value is -6.36. The Morgan fingerprint density at radius 2 is 1.10 bits per heavy atom. The van der Waals surface area contributed by atoms with Gasteiger partial charge in [-0.1, -0.05) is 97.1 Å². The van der Waals surface area contributed by atoms with Crippen LogP contribution in [0.3, 0.4) is 0 Å². The number of para-hydroxylation sites is 1. The van der Waals surface area contributed by atoms with Gasteiger partial charge in [-0.05, 0) is 82.6 Å². The molecule has 0 saturated carbocycles. The highest BCUT2D eigenvalue weighted by Gasteiger charge is 2.22. The normalized spacial score (nSPS) is 12.0. The maximum absolute atomic E-state index is 6.72. The molecular weight excluding hydrogens is 631 g/mol. The fraction of sp³-hybridized carbons (Fsp3) is 0. The summed E-state index contributed by atoms with van der Waals surface area (Å²) in [5.41, 5.74) is 9.23. The van der Waals surface area contributed by atoms with Gasteiger partial charge in [0.05, 0.1) is 10.4 Å². The number of fused-ring (bicyclic) bond motifs is 11. The van der Waals surface area contributed by atoms with Crippen molar-refractivity contribution in [2.75, 3.05) is 4.90 Å². The van der Waals surface area contributed by atoms with Crippen LogP contribution in [-0.2, 0) is 0 Å². The molecule has 0 fully saturated rings. The molecule has 0 aliphatic carbocycles. The monoisotopic (exact) mass is 657 g/mol. The highest BCUT2D eigenvalue weighted by atomic mass is 32.1. The van der Waals surface area contributed by atoms with Gasteiger partial charge in [-0.3, -0.25) is 0 Å². The van der Waals surface area contributed by atoms with E-state index in [2.05, 4.69) is 157 Å². The first-order valence-corrected chi connectivity index (χ1v) is 17.6. The minimum absolute atomic E-state index is 0.870. The smallest absolute Gasteiger partial charge is 0.144 e. The Bertz CT molecular complexity index is 3090. The molecule has 0 spiro atoms. The third-order valence-electron chi connectivity index (χ3n) is 10.0. The van der Waals surface area contributed by atoms with E-state index in [0.29, 0.717) is 0 Å². The summed E-state index contributed by atoms with van der Waals surface area (Å²) in [4.78, 5) is 2.36. The Kier molecular flexibility index (Phi) is 5.83. The van der Waals surface area contributed by atoms with Crippen LogP contribution in [0.15, 0.2) is 173 Å². The third kappa shape index (κ3) is 4.09. The molecule has 0 bridgehead atoms. The Labute approximate surface area is 290 Å². The van der Waals surface area contributed by atoms with Crippen molar-refractivity contribution in [1.29, 1.82) is 0 Å². The van der Waals surface area contributed by atoms with E-state index in [4.69, 9.17) is 8.83 Å². The lowest BCUT2D eigenvalue weighted by atomic mass is 10.0. The molecule has 0 radical (unpaired) electrons. The van der Waals surface area contributed by atoms with Gasteiger partial charge in [-0.25, -0.2) is 0 Å². The first-order chi connectivity index (χ1) is 24.8. The molecule has 0 atom stereocenters. The zero-order chi connectivity index (χ0) is 32.8. The van der Waals surface area contributed by atoms with Crippen LogP contribution in [0.1, 0.15) is 0 Å². The van der Waals surface area contributed by atoms with Gasteiger partial charge in [-0.15, -0.1) is 11.3 Å². The second-order valence-electron chi connectivity index (χ2n) is 12.9. The molecule has 4 heteroatoms. The number of nitrogens with zero attached hydrogens (tertiary/aromatic N) is 1. The van der Waals surface area contributed by atoms with Gasteiger partial charge in [0.2, 0.25) is 0 Å². The number of rotatable bonds is 4. The number of anilines is 3. The average molecular weight is 658 g/mol. The third-order valence-corrected chi connectivity index (χ3v) is 11.2. The summed E-state index contributed by atoms with van der Waals surface area (Å²) in [5.74, 6) is 0. The van der Waals surface area contributed by atoms with Crippen molar-refractivity contribution in [1.82, 2.24) is 0 Å². The molecule has 50 heavy (non-hydrogen) atoms. The van der Waals surface area contributed by atoms with Gasteiger partial charge >= 0.3 is 0 Å². The van der Waals surface area contributed by atoms with E-state index in [9.17, 15) is 0 Å². The van der Waals surface area contributed by atoms with Crippen molar-refractivity contribution >= 4 is 103 Å². The number of thiophene rings is 1. The predicted molar refractivity (Wildman–Crippen MR) is 212 cm³/mol. The summed E-state index contributed by atoms with van der Waals surface area (Å²) in [6.07, 6.45) is 0. The van der Waals surface area contributed by atoms with E-state index in [1.807, 2.05) is 23.5 Å². The van der Waals surface area contributed by atoms with E-state index < -0.39 is 0 Å². The molecule has 234 valence electrons. The van der Waals surface area contributed by atoms with Gasteiger partial charge in [-0.2, -0.15) is 0 Å². The maximum atomic E-state index is 6.72. The number of furan rings is 2. The molecular formula is C46H27NO2S. The lowest BCUT2D eigenvalue weighted by Crippen LogP contribution is -2.10. The van der Waals surface area contributed by atoms with Gasteiger partial charge in [0.15, 0.2) is 0 Å². The highest BCUT2D eigenvalue weighted by Crippen LogP contribution is 2.48. The van der Waals surface area contributed by atoms with Crippen molar-refractivity contribution in [3.8, 4) is 11.1 Å². The number of hydrogen-bond acceptors (Lipinski definition) is 4. The van der Waals surface area contributed by atoms with E-state index in [0.717, 1.165) is 66.3 Å². The molecule has 0 amide bonds. The zero-order valence-electron chi connectivity index (χ0n) is 26.8. The summed E-state index contributed by atoms with van der Waals surface area (Å²) >= 11 is 1.82. The van der Waals surface area contributed by atoms with Gasteiger partial charge in [0.25, 0.3) is 0 Å². The first kappa shape index (κ1) is 27.6. The van der Waals surface area contributed by atoms with Crippen LogP contribution in [0.5, 0.6) is 0 Å². The average Bonchev–Trinajstić information content (AvgIpc) is 3.85. The summed E-state index contributed by atoms with van der Waals surface area (Å²) < 4.78 is 15.5. The fourth-order valence-electron chi connectivity index (χ4n) is 7.68. The second-order valence-corrected chi connectivity index (χ2v) is 13.9. The van der Waals surface area contributed by atoms with E-state index in [1.165, 1.54) is 36.7 Å². The van der Waals surface area contributed by atoms with Gasteiger partial charge in [0, 0.05) is 54.5 Å². The van der Waals surface area contributed by atoms with Crippen molar-refractivity contribution < 1.29 is 8.83 Å². The van der Waals surface area contributed by atoms with E-state index in [-0.39, 0.29) is 0 Å². The van der Waals surface area contributed by atoms with Crippen molar-refractivity contribution in [2.45, 2.75) is 0 Å². The minimum atomic E-state index is 0.870. The van der Waals surface area contributed by atoms with Crippen LogP contribution < -0.4 is 4.90 Å². The SMILES string of the molecule is c1ccc(-c2ccc(N(c3ccc4c(c3)oc3ccccc34)c3cccc4c3sc3ccc5c6cc7ccccc7cc6oc5c34)cc2)cc1. The van der Waals surface area contributed by atoms with E-state index >= 15 is 0 Å². The Balaban J connectivity index is 1.15. The standard InChI is InChI=1S/C46H27NO2S/c1-2-9-28(10-3-1)29-17-19-32(20-18-29)47(33-21-22-35-34-13-6-7-16-40(34)48-42(35)27-33)39-15-8-14-37-44-43(50-46(37)39)24-23-36-38-25-30-11-4-5-12-31(30)26-41(38)49-45(36)44/h1-27H. The second kappa shape index (κ2) is 10.6. The van der Waals surface area contributed by atoms with Gasteiger partial charge < -0.3 is 13.7 Å². The molecule has 11 rings (SSSR count). The summed E-state index contributed by atoms with van der Waals surface area (Å²) in [6.45, 7) is 0. The number of hydrogen-bond donors (Lipinski definition) is 0. The highest BCUT2D eigenvalue weighted by molar-refractivity contribution is 7.26. The van der Waals surface area contributed by atoms with Crippen LogP contribution in [0.25, 0.3) is 85.9 Å². The molecule has 3 aromatic heterocycles. The number of benzene rings is 8. The maximum Gasteiger partial charge on any atom is 0.144 e. The molecule has 0 aliphatic heterocycles. The largest absolute Gasteiger partial charge is 0.456 e. The van der Waals surface area contributed by atoms with Crippen molar-refractivity contribution in [2.24, 2.45) is 0 Å². The minimum Gasteiger partial charge on any atom is -0.456 e. The molecule has 0 unspecified atom stereocenters. The molecule has 8 aromatic carbocycles. The summed E-state index contributed by atoms with van der Waals surface area (Å²) in [7, 11) is 0. The fourth-order valence-corrected chi connectivity index (χ4v) is 8.88. The van der Waals surface area contributed by atoms with Gasteiger partial charge in [0.1, 0.15) is 22.3 Å². The zero-order valence-corrected chi connectivity index (χ0v) is 27.6. The van der Waals surface area contributed by atoms with Crippen LogP contribution in [-0.4, -0.2) is 0 Å². The summed E-state index contributed by atoms with van der Waals surface area (Å²) in [6, 6.07) is 58.3. The Morgan fingerprint density at radius 1 is 0.420 bits per heavy atom. The molecule has 3 heterocycles. The van der Waals surface area contributed by atoms with E-state index in [1.54, 1.807) is 0 Å². The molecule has 0 N–H and O–H groups in total. The molecule has 0 saturated heterocycles. The molecule has 3 nitrogen and oxygen atoms in total. The topological polar surface area (TPSA) is 29.5 Å². The first-order valence-electron chi connectivity index (χ1n) is 16.8. The van der Waals surface area contributed by atoms with Crippen LogP contribution in [0.2, 0.25) is 0 Å². The molecule has 11 aromatic rings. The van der Waals surface area contributed by atoms with Crippen molar-refractivity contribution in [3.05, 3.63) is 164 Å². The van der Waals surface area contributed by atoms with Crippen molar-refractivity contribution in [3.63, 3.8) is 0 Å². The summed E-state index contributed by atoms with van der Waals surface area (Å²) in [5, 5.41) is 9.29. The van der Waals surface area contributed by atoms with Crippen LogP contribution >= 0.6 is 11.3 Å². The lowest BCUT2D eigenvalue weighted by Gasteiger charge is -2.26. The quantitative estimate of drug-likeness (QED) is 0.189. The lowest BCUT2D eigenvalue weighted by molar-refractivity contribution is 0.669. The van der Waals surface area contributed by atoms with Crippen LogP contribution in [0.4, 0.5) is 17.1 Å². The molecule has 0 aliphatic rings.